The van der Waals surface area contributed by atoms with Crippen LogP contribution in [-0.2, 0) is 17.7 Å². The Bertz CT molecular complexity index is 546. The van der Waals surface area contributed by atoms with Gasteiger partial charge in [0.25, 0.3) is 0 Å². The molecule has 3 rings (SSSR count). The highest BCUT2D eigenvalue weighted by atomic mass is 16.5. The van der Waals surface area contributed by atoms with E-state index in [1.54, 1.807) is 0 Å². The number of rotatable bonds is 7. The third-order valence-corrected chi connectivity index (χ3v) is 6.17. The molecule has 0 unspecified atom stereocenters. The molecule has 0 aromatic carbocycles. The smallest absolute Gasteiger partial charge is 0.0691 e. The summed E-state index contributed by atoms with van der Waals surface area (Å²) in [6, 6.07) is 0. The fraction of sp³-hybridized carbons (Fsp3) is 0.850. The summed E-state index contributed by atoms with van der Waals surface area (Å²) in [5.41, 5.74) is 2.89. The summed E-state index contributed by atoms with van der Waals surface area (Å²) in [4.78, 5) is 2.36. The van der Waals surface area contributed by atoms with Crippen molar-refractivity contribution in [2.45, 2.75) is 76.5 Å². The normalized spacial score (nSPS) is 28.9. The highest BCUT2D eigenvalue weighted by Gasteiger charge is 2.45. The molecule has 0 bridgehead atoms. The molecule has 0 amide bonds. The van der Waals surface area contributed by atoms with Crippen molar-refractivity contribution < 1.29 is 4.74 Å². The molecule has 0 atom stereocenters. The molecule has 5 heteroatoms. The van der Waals surface area contributed by atoms with Gasteiger partial charge in [0.05, 0.1) is 16.9 Å². The number of nitrogens with one attached hydrogen (secondary N) is 2. The van der Waals surface area contributed by atoms with Crippen LogP contribution in [0.1, 0.15) is 63.6 Å². The molecule has 0 radical (unpaired) electrons. The Morgan fingerprint density at radius 1 is 1.28 bits per heavy atom. The van der Waals surface area contributed by atoms with Gasteiger partial charge in [0.15, 0.2) is 0 Å². The molecule has 142 valence electrons. The Morgan fingerprint density at radius 2 is 2.04 bits per heavy atom. The number of aromatic nitrogens is 2. The number of H-pyrrole nitrogens is 1. The standard InChI is InChI=1S/C20H36N4O/c1-19(2)9-10-20(25-19)7-5-16(6-8-20)13-18-17(14-22-23-18)15-24(4)12-11-21-3/h14,16,21H,5-13,15H2,1-4H3,(H,22,23)/t16-,20+. The first kappa shape index (κ1) is 18.9. The zero-order valence-corrected chi connectivity index (χ0v) is 16.5. The molecule has 1 aromatic heterocycles. The van der Waals surface area contributed by atoms with E-state index in [4.69, 9.17) is 4.74 Å². The Kier molecular flexibility index (Phi) is 5.86. The number of hydrogen-bond acceptors (Lipinski definition) is 4. The highest BCUT2D eigenvalue weighted by Crippen LogP contribution is 2.47. The molecular formula is C20H36N4O. The maximum atomic E-state index is 6.44. The highest BCUT2D eigenvalue weighted by molar-refractivity contribution is 5.17. The average Bonchev–Trinajstić information content (AvgIpc) is 3.12. The van der Waals surface area contributed by atoms with Crippen LogP contribution in [0.2, 0.25) is 0 Å². The Hall–Kier alpha value is -0.910. The minimum atomic E-state index is 0.0835. The summed E-state index contributed by atoms with van der Waals surface area (Å²) in [7, 11) is 4.18. The van der Waals surface area contributed by atoms with Crippen LogP contribution >= 0.6 is 0 Å². The topological polar surface area (TPSA) is 53.2 Å². The molecule has 1 aromatic rings. The van der Waals surface area contributed by atoms with Crippen molar-refractivity contribution in [1.29, 1.82) is 0 Å². The number of hydrogen-bond donors (Lipinski definition) is 2. The van der Waals surface area contributed by atoms with Crippen LogP contribution in [0.25, 0.3) is 0 Å². The predicted octanol–water partition coefficient (Wildman–Crippen LogP) is 3.12. The van der Waals surface area contributed by atoms with Crippen molar-refractivity contribution in [3.05, 3.63) is 17.5 Å². The van der Waals surface area contributed by atoms with E-state index in [0.29, 0.717) is 0 Å². The van der Waals surface area contributed by atoms with Gasteiger partial charge in [-0.2, -0.15) is 5.10 Å². The molecule has 2 N–H and O–H groups in total. The van der Waals surface area contributed by atoms with E-state index < -0.39 is 0 Å². The molecule has 1 aliphatic carbocycles. The molecule has 1 saturated carbocycles. The van der Waals surface area contributed by atoms with Crippen molar-refractivity contribution in [3.63, 3.8) is 0 Å². The van der Waals surface area contributed by atoms with Crippen LogP contribution in [0.4, 0.5) is 0 Å². The van der Waals surface area contributed by atoms with Gasteiger partial charge in [0, 0.05) is 31.4 Å². The van der Waals surface area contributed by atoms with E-state index in [2.05, 4.69) is 47.5 Å². The van der Waals surface area contributed by atoms with Gasteiger partial charge >= 0.3 is 0 Å². The molecule has 1 spiro atoms. The van der Waals surface area contributed by atoms with Gasteiger partial charge < -0.3 is 15.0 Å². The van der Waals surface area contributed by atoms with Crippen molar-refractivity contribution >= 4 is 0 Å². The SMILES string of the molecule is CNCCN(C)Cc1c[nH]nc1C[C@H]1CC[C@]2(CCC(C)(C)O2)CC1. The summed E-state index contributed by atoms with van der Waals surface area (Å²) < 4.78 is 6.44. The van der Waals surface area contributed by atoms with Gasteiger partial charge in [-0.15, -0.1) is 0 Å². The van der Waals surface area contributed by atoms with Crippen LogP contribution in [0.3, 0.4) is 0 Å². The van der Waals surface area contributed by atoms with Crippen LogP contribution in [0.15, 0.2) is 6.20 Å². The first-order chi connectivity index (χ1) is 11.9. The summed E-state index contributed by atoms with van der Waals surface area (Å²) >= 11 is 0. The van der Waals surface area contributed by atoms with E-state index in [9.17, 15) is 0 Å². The number of aromatic amines is 1. The zero-order chi connectivity index (χ0) is 17.9. The van der Waals surface area contributed by atoms with Gasteiger partial charge in [0.1, 0.15) is 0 Å². The van der Waals surface area contributed by atoms with E-state index in [1.807, 2.05) is 7.05 Å². The van der Waals surface area contributed by atoms with Crippen LogP contribution < -0.4 is 5.32 Å². The Balaban J connectivity index is 1.51. The third-order valence-electron chi connectivity index (χ3n) is 6.17. The lowest BCUT2D eigenvalue weighted by Gasteiger charge is -2.38. The minimum Gasteiger partial charge on any atom is -0.369 e. The fourth-order valence-electron chi connectivity index (χ4n) is 4.58. The van der Waals surface area contributed by atoms with Gasteiger partial charge in [-0.25, -0.2) is 0 Å². The van der Waals surface area contributed by atoms with Crippen molar-refractivity contribution in [1.82, 2.24) is 20.4 Å². The van der Waals surface area contributed by atoms with Gasteiger partial charge in [-0.05, 0) is 78.8 Å². The largest absolute Gasteiger partial charge is 0.369 e. The molecule has 2 fully saturated rings. The lowest BCUT2D eigenvalue weighted by atomic mass is 9.75. The first-order valence-electron chi connectivity index (χ1n) is 9.96. The summed E-state index contributed by atoms with van der Waals surface area (Å²) in [6.45, 7) is 7.54. The second-order valence-corrected chi connectivity index (χ2v) is 8.89. The monoisotopic (exact) mass is 348 g/mol. The second-order valence-electron chi connectivity index (χ2n) is 8.89. The average molecular weight is 349 g/mol. The van der Waals surface area contributed by atoms with Crippen LogP contribution in [0.5, 0.6) is 0 Å². The first-order valence-corrected chi connectivity index (χ1v) is 9.96. The van der Waals surface area contributed by atoms with Gasteiger partial charge in [-0.1, -0.05) is 0 Å². The van der Waals surface area contributed by atoms with Gasteiger partial charge in [0.2, 0.25) is 0 Å². The molecule has 5 nitrogen and oxygen atoms in total. The lowest BCUT2D eigenvalue weighted by Crippen LogP contribution is -2.36. The van der Waals surface area contributed by atoms with Crippen molar-refractivity contribution in [3.8, 4) is 0 Å². The molecule has 25 heavy (non-hydrogen) atoms. The summed E-state index contributed by atoms with van der Waals surface area (Å²) in [5.74, 6) is 0.752. The lowest BCUT2D eigenvalue weighted by molar-refractivity contribution is -0.108. The van der Waals surface area contributed by atoms with E-state index in [0.717, 1.165) is 32.0 Å². The van der Waals surface area contributed by atoms with E-state index in [-0.39, 0.29) is 11.2 Å². The summed E-state index contributed by atoms with van der Waals surface area (Å²) in [6.07, 6.45) is 10.6. The quantitative estimate of drug-likeness (QED) is 0.795. The summed E-state index contributed by atoms with van der Waals surface area (Å²) in [5, 5.41) is 10.9. The molecule has 2 heterocycles. The van der Waals surface area contributed by atoms with Crippen molar-refractivity contribution in [2.24, 2.45) is 5.92 Å². The molecule has 1 aliphatic heterocycles. The van der Waals surface area contributed by atoms with Crippen molar-refractivity contribution in [2.75, 3.05) is 27.2 Å². The Labute approximate surface area is 152 Å². The fourth-order valence-corrected chi connectivity index (χ4v) is 4.58. The zero-order valence-electron chi connectivity index (χ0n) is 16.5. The number of ether oxygens (including phenoxy) is 1. The third kappa shape index (κ3) is 4.83. The van der Waals surface area contributed by atoms with E-state index in [1.165, 1.54) is 49.8 Å². The maximum Gasteiger partial charge on any atom is 0.0691 e. The predicted molar refractivity (Wildman–Crippen MR) is 102 cm³/mol. The van der Waals surface area contributed by atoms with Crippen LogP contribution in [-0.4, -0.2) is 53.5 Å². The van der Waals surface area contributed by atoms with Gasteiger partial charge in [-0.3, -0.25) is 5.10 Å². The molecular weight excluding hydrogens is 312 g/mol. The number of nitrogens with zero attached hydrogens (tertiary/aromatic N) is 2. The molecule has 2 aliphatic rings. The Morgan fingerprint density at radius 3 is 2.68 bits per heavy atom. The number of likely N-dealkylation sites (N-methyl/N-ethyl adjacent to an activating group) is 2. The molecule has 1 saturated heterocycles. The van der Waals surface area contributed by atoms with Crippen LogP contribution in [0, 0.1) is 5.92 Å². The minimum absolute atomic E-state index is 0.0835. The van der Waals surface area contributed by atoms with E-state index >= 15 is 0 Å². The maximum absolute atomic E-state index is 6.44. The second kappa shape index (κ2) is 7.77.